The van der Waals surface area contributed by atoms with Gasteiger partial charge in [0.1, 0.15) is 30.2 Å². The van der Waals surface area contributed by atoms with E-state index in [1.807, 2.05) is 0 Å². The molecule has 0 aliphatic rings. The fraction of sp³-hybridized carbons (Fsp3) is 0.455. The van der Waals surface area contributed by atoms with E-state index in [-0.39, 0.29) is 12.4 Å². The number of imidazole rings is 1. The second-order valence-corrected chi connectivity index (χ2v) is 4.22. The topological polar surface area (TPSA) is 136 Å². The van der Waals surface area contributed by atoms with Gasteiger partial charge in [-0.05, 0) is 0 Å². The number of aldehydes is 1. The monoisotopic (exact) mass is 281 g/mol. The van der Waals surface area contributed by atoms with Crippen molar-refractivity contribution in [2.24, 2.45) is 0 Å². The lowest BCUT2D eigenvalue weighted by molar-refractivity contribution is -0.130. The molecule has 0 aliphatic carbocycles. The summed E-state index contributed by atoms with van der Waals surface area (Å²) in [5.41, 5.74) is 6.53. The lowest BCUT2D eigenvalue weighted by atomic mass is 10.1. The zero-order valence-electron chi connectivity index (χ0n) is 10.7. The van der Waals surface area contributed by atoms with Gasteiger partial charge in [-0.3, -0.25) is 0 Å². The van der Waals surface area contributed by atoms with Crippen LogP contribution >= 0.6 is 0 Å². The third-order valence-electron chi connectivity index (χ3n) is 2.94. The fourth-order valence-electron chi connectivity index (χ4n) is 1.94. The Morgan fingerprint density at radius 2 is 2.20 bits per heavy atom. The molecule has 2 aromatic rings. The molecule has 108 valence electrons. The van der Waals surface area contributed by atoms with Gasteiger partial charge in [-0.1, -0.05) is 0 Å². The summed E-state index contributed by atoms with van der Waals surface area (Å²) in [6, 6.07) is 0. The van der Waals surface area contributed by atoms with E-state index in [1.165, 1.54) is 19.8 Å². The molecule has 2 aromatic heterocycles. The molecule has 0 aromatic carbocycles. The van der Waals surface area contributed by atoms with E-state index >= 15 is 0 Å². The van der Waals surface area contributed by atoms with Gasteiger partial charge in [0.2, 0.25) is 0 Å². The Kier molecular flexibility index (Phi) is 4.23. The number of hydrogen-bond donors (Lipinski definition) is 3. The number of carbonyl (C=O) groups excluding carboxylic acids is 1. The SMILES string of the molecule is CO[C@@H]([C@H](O)C=O)[C@H](O)Cn1cnc2c(N)ncnc21. The van der Waals surface area contributed by atoms with E-state index in [2.05, 4.69) is 15.0 Å². The van der Waals surface area contributed by atoms with Crippen LogP contribution in [-0.2, 0) is 16.1 Å². The van der Waals surface area contributed by atoms with Gasteiger partial charge in [-0.15, -0.1) is 0 Å². The minimum atomic E-state index is -1.41. The smallest absolute Gasteiger partial charge is 0.165 e. The van der Waals surface area contributed by atoms with E-state index < -0.39 is 18.3 Å². The van der Waals surface area contributed by atoms with Gasteiger partial charge in [0.15, 0.2) is 17.8 Å². The zero-order chi connectivity index (χ0) is 14.7. The summed E-state index contributed by atoms with van der Waals surface area (Å²) in [6.07, 6.45) is -0.527. The first-order valence-corrected chi connectivity index (χ1v) is 5.84. The van der Waals surface area contributed by atoms with Gasteiger partial charge in [0.05, 0.1) is 12.9 Å². The number of nitrogen functional groups attached to an aromatic ring is 1. The number of rotatable bonds is 6. The molecule has 0 saturated heterocycles. The van der Waals surface area contributed by atoms with Crippen LogP contribution in [0, 0.1) is 0 Å². The zero-order valence-corrected chi connectivity index (χ0v) is 10.7. The van der Waals surface area contributed by atoms with Crippen molar-refractivity contribution in [2.75, 3.05) is 12.8 Å². The molecule has 4 N–H and O–H groups in total. The second kappa shape index (κ2) is 5.90. The van der Waals surface area contributed by atoms with Gasteiger partial charge in [0, 0.05) is 7.11 Å². The van der Waals surface area contributed by atoms with Crippen molar-refractivity contribution in [1.82, 2.24) is 19.5 Å². The summed E-state index contributed by atoms with van der Waals surface area (Å²) in [5.74, 6) is 0.236. The molecule has 0 bridgehead atoms. The molecule has 0 aliphatic heterocycles. The van der Waals surface area contributed by atoms with E-state index in [9.17, 15) is 15.0 Å². The number of nitrogens with two attached hydrogens (primary N) is 1. The van der Waals surface area contributed by atoms with Crippen LogP contribution in [0.5, 0.6) is 0 Å². The molecule has 0 saturated carbocycles. The molecule has 0 spiro atoms. The first-order valence-electron chi connectivity index (χ1n) is 5.84. The number of fused-ring (bicyclic) bond motifs is 1. The number of aliphatic hydroxyl groups is 2. The first kappa shape index (κ1) is 14.3. The second-order valence-electron chi connectivity index (χ2n) is 4.22. The molecule has 2 rings (SSSR count). The highest BCUT2D eigenvalue weighted by Crippen LogP contribution is 2.15. The molecule has 9 nitrogen and oxygen atoms in total. The van der Waals surface area contributed by atoms with Crippen LogP contribution in [0.1, 0.15) is 0 Å². The van der Waals surface area contributed by atoms with E-state index in [0.29, 0.717) is 17.5 Å². The van der Waals surface area contributed by atoms with Crippen LogP contribution in [0.15, 0.2) is 12.7 Å². The van der Waals surface area contributed by atoms with Gasteiger partial charge in [-0.2, -0.15) is 0 Å². The van der Waals surface area contributed by atoms with Crippen molar-refractivity contribution in [3.63, 3.8) is 0 Å². The number of aromatic nitrogens is 4. The van der Waals surface area contributed by atoms with Crippen molar-refractivity contribution < 1.29 is 19.7 Å². The lowest BCUT2D eigenvalue weighted by Crippen LogP contribution is -2.42. The molecule has 0 radical (unpaired) electrons. The Morgan fingerprint density at radius 3 is 2.85 bits per heavy atom. The van der Waals surface area contributed by atoms with Gasteiger partial charge >= 0.3 is 0 Å². The van der Waals surface area contributed by atoms with Gasteiger partial charge < -0.3 is 30.0 Å². The van der Waals surface area contributed by atoms with Crippen molar-refractivity contribution in [1.29, 1.82) is 0 Å². The van der Waals surface area contributed by atoms with Gasteiger partial charge in [-0.25, -0.2) is 15.0 Å². The number of nitrogens with zero attached hydrogens (tertiary/aromatic N) is 4. The van der Waals surface area contributed by atoms with Crippen molar-refractivity contribution >= 4 is 23.3 Å². The highest BCUT2D eigenvalue weighted by atomic mass is 16.5. The quantitative estimate of drug-likeness (QED) is 0.535. The molecule has 0 amide bonds. The standard InChI is InChI=1S/C11H15N5O4/c1-20-9(7(19)3-17)6(18)2-16-5-15-8-10(12)13-4-14-11(8)16/h3-7,9,18-19H,2H2,1H3,(H2,12,13,14)/t6-,7-,9-/m1/s1. The lowest BCUT2D eigenvalue weighted by Gasteiger charge is -2.23. The minimum Gasteiger partial charge on any atom is -0.388 e. The highest BCUT2D eigenvalue weighted by molar-refractivity contribution is 5.81. The van der Waals surface area contributed by atoms with Crippen LogP contribution < -0.4 is 5.73 Å². The molecule has 3 atom stereocenters. The predicted molar refractivity (Wildman–Crippen MR) is 68.6 cm³/mol. The summed E-state index contributed by atoms with van der Waals surface area (Å²) >= 11 is 0. The number of aliphatic hydroxyl groups excluding tert-OH is 2. The maximum absolute atomic E-state index is 10.6. The first-order chi connectivity index (χ1) is 9.58. The van der Waals surface area contributed by atoms with Gasteiger partial charge in [0.25, 0.3) is 0 Å². The average Bonchev–Trinajstić information content (AvgIpc) is 2.84. The number of carbonyl (C=O) groups is 1. The van der Waals surface area contributed by atoms with Crippen LogP contribution in [0.2, 0.25) is 0 Å². The molecule has 2 heterocycles. The molecule has 20 heavy (non-hydrogen) atoms. The minimum absolute atomic E-state index is 0.0381. The Hall–Kier alpha value is -2.10. The van der Waals surface area contributed by atoms with Crippen molar-refractivity contribution in [3.05, 3.63) is 12.7 Å². The largest absolute Gasteiger partial charge is 0.388 e. The average molecular weight is 281 g/mol. The maximum Gasteiger partial charge on any atom is 0.165 e. The summed E-state index contributed by atoms with van der Waals surface area (Å²) in [7, 11) is 1.30. The normalized spacial score (nSPS) is 15.9. The van der Waals surface area contributed by atoms with E-state index in [1.54, 1.807) is 4.57 Å². The summed E-state index contributed by atoms with van der Waals surface area (Å²) in [4.78, 5) is 22.5. The maximum atomic E-state index is 10.6. The molecule has 0 unspecified atom stereocenters. The van der Waals surface area contributed by atoms with Crippen LogP contribution in [0.4, 0.5) is 5.82 Å². The van der Waals surface area contributed by atoms with Crippen molar-refractivity contribution in [2.45, 2.75) is 24.9 Å². The Bertz CT molecular complexity index is 602. The van der Waals surface area contributed by atoms with E-state index in [4.69, 9.17) is 10.5 Å². The molecular formula is C11H15N5O4. The molecule has 0 fully saturated rings. The predicted octanol–water partition coefficient (Wildman–Crippen LogP) is -1.66. The Morgan fingerprint density at radius 1 is 1.45 bits per heavy atom. The highest BCUT2D eigenvalue weighted by Gasteiger charge is 2.27. The van der Waals surface area contributed by atoms with Crippen LogP contribution in [-0.4, -0.2) is 61.4 Å². The number of methoxy groups -OCH3 is 1. The third-order valence-corrected chi connectivity index (χ3v) is 2.94. The third kappa shape index (κ3) is 2.59. The van der Waals surface area contributed by atoms with Crippen LogP contribution in [0.3, 0.4) is 0 Å². The fourth-order valence-corrected chi connectivity index (χ4v) is 1.94. The summed E-state index contributed by atoms with van der Waals surface area (Å²) in [6.45, 7) is 0.0381. The Balaban J connectivity index is 2.23. The summed E-state index contributed by atoms with van der Waals surface area (Å²) in [5, 5.41) is 19.5. The number of ether oxygens (including phenoxy) is 1. The molecule has 9 heteroatoms. The van der Waals surface area contributed by atoms with Crippen molar-refractivity contribution in [3.8, 4) is 0 Å². The number of hydrogen-bond acceptors (Lipinski definition) is 8. The Labute approximate surface area is 114 Å². The van der Waals surface area contributed by atoms with Crippen LogP contribution in [0.25, 0.3) is 11.2 Å². The number of anilines is 1. The van der Waals surface area contributed by atoms with E-state index in [0.717, 1.165) is 0 Å². The molecular weight excluding hydrogens is 266 g/mol. The summed E-state index contributed by atoms with van der Waals surface area (Å²) < 4.78 is 6.47.